The highest BCUT2D eigenvalue weighted by Gasteiger charge is 2.23. The van der Waals surface area contributed by atoms with Crippen LogP contribution in [0.25, 0.3) is 0 Å². The minimum atomic E-state index is -0.118. The third-order valence-corrected chi connectivity index (χ3v) is 3.93. The molecule has 2 unspecified atom stereocenters. The molecule has 100 valence electrons. The molecule has 0 amide bonds. The Kier molecular flexibility index (Phi) is 4.76. The monoisotopic (exact) mass is 249 g/mol. The van der Waals surface area contributed by atoms with Crippen molar-refractivity contribution in [2.45, 2.75) is 51.5 Å². The Hall–Kier alpha value is -0.890. The van der Waals surface area contributed by atoms with Crippen LogP contribution < -0.4 is 5.32 Å². The molecule has 18 heavy (non-hydrogen) atoms. The molecule has 1 nitrogen and oxygen atoms in total. The number of hydrogen-bond acceptors (Lipinski definition) is 1. The zero-order valence-electron chi connectivity index (χ0n) is 11.5. The van der Waals surface area contributed by atoms with Crippen LogP contribution in [0, 0.1) is 11.7 Å². The molecule has 0 heterocycles. The van der Waals surface area contributed by atoms with Crippen molar-refractivity contribution in [3.05, 3.63) is 35.6 Å². The Morgan fingerprint density at radius 3 is 2.78 bits per heavy atom. The van der Waals surface area contributed by atoms with Crippen molar-refractivity contribution in [2.24, 2.45) is 5.92 Å². The van der Waals surface area contributed by atoms with Gasteiger partial charge in [0, 0.05) is 12.6 Å². The Bertz CT molecular complexity index is 373. The van der Waals surface area contributed by atoms with Gasteiger partial charge in [-0.25, -0.2) is 4.39 Å². The topological polar surface area (TPSA) is 12.0 Å². The van der Waals surface area contributed by atoms with Crippen LogP contribution in [0.2, 0.25) is 0 Å². The van der Waals surface area contributed by atoms with Gasteiger partial charge in [-0.15, -0.1) is 0 Å². The fraction of sp³-hybridized carbons (Fsp3) is 0.625. The largest absolute Gasteiger partial charge is 0.313 e. The molecule has 0 spiro atoms. The van der Waals surface area contributed by atoms with E-state index in [0.717, 1.165) is 24.6 Å². The Morgan fingerprint density at radius 1 is 1.39 bits per heavy atom. The van der Waals surface area contributed by atoms with Gasteiger partial charge in [0.15, 0.2) is 0 Å². The van der Waals surface area contributed by atoms with Gasteiger partial charge in [-0.3, -0.25) is 0 Å². The first-order valence-corrected chi connectivity index (χ1v) is 7.18. The van der Waals surface area contributed by atoms with E-state index in [1.165, 1.54) is 25.3 Å². The van der Waals surface area contributed by atoms with Gasteiger partial charge in [-0.05, 0) is 48.8 Å². The minimum Gasteiger partial charge on any atom is -0.313 e. The third kappa shape index (κ3) is 4.09. The number of hydrogen-bond donors (Lipinski definition) is 1. The molecule has 1 aromatic carbocycles. The molecule has 1 fully saturated rings. The smallest absolute Gasteiger partial charge is 0.123 e. The van der Waals surface area contributed by atoms with Crippen molar-refractivity contribution in [1.29, 1.82) is 0 Å². The lowest BCUT2D eigenvalue weighted by atomic mass is 9.88. The van der Waals surface area contributed by atoms with E-state index >= 15 is 0 Å². The number of nitrogens with one attached hydrogen (secondary N) is 1. The normalized spacial score (nSPS) is 18.6. The zero-order chi connectivity index (χ0) is 13.0. The lowest BCUT2D eigenvalue weighted by molar-refractivity contribution is 0.433. The molecule has 1 saturated carbocycles. The number of rotatable bonds is 7. The Labute approximate surface area is 110 Å². The summed E-state index contributed by atoms with van der Waals surface area (Å²) in [6.45, 7) is 5.49. The Balaban J connectivity index is 2.01. The summed E-state index contributed by atoms with van der Waals surface area (Å²) in [5.74, 6) is 1.02. The maximum absolute atomic E-state index is 13.3. The number of halogens is 1. The van der Waals surface area contributed by atoms with E-state index in [-0.39, 0.29) is 5.82 Å². The van der Waals surface area contributed by atoms with E-state index in [1.54, 1.807) is 6.07 Å². The molecule has 0 radical (unpaired) electrons. The highest BCUT2D eigenvalue weighted by atomic mass is 19.1. The van der Waals surface area contributed by atoms with Crippen molar-refractivity contribution in [3.63, 3.8) is 0 Å². The summed E-state index contributed by atoms with van der Waals surface area (Å²) in [6, 6.07) is 7.83. The number of benzene rings is 1. The molecule has 0 aromatic heterocycles. The molecule has 0 saturated heterocycles. The van der Waals surface area contributed by atoms with Gasteiger partial charge in [0.25, 0.3) is 0 Å². The van der Waals surface area contributed by atoms with Crippen LogP contribution in [0.4, 0.5) is 4.39 Å². The average Bonchev–Trinajstić information content (AvgIpc) is 3.18. The first-order valence-electron chi connectivity index (χ1n) is 7.18. The first-order chi connectivity index (χ1) is 8.69. The van der Waals surface area contributed by atoms with Gasteiger partial charge >= 0.3 is 0 Å². The average molecular weight is 249 g/mol. The summed E-state index contributed by atoms with van der Waals surface area (Å²) >= 11 is 0. The van der Waals surface area contributed by atoms with Crippen LogP contribution in [0.3, 0.4) is 0 Å². The lowest BCUT2D eigenvalue weighted by Crippen LogP contribution is -2.24. The van der Waals surface area contributed by atoms with Gasteiger partial charge in [-0.1, -0.05) is 32.4 Å². The summed E-state index contributed by atoms with van der Waals surface area (Å²) in [6.07, 6.45) is 4.94. The quantitative estimate of drug-likeness (QED) is 0.767. The second-order valence-electron chi connectivity index (χ2n) is 5.68. The molecule has 1 aromatic rings. The third-order valence-electron chi connectivity index (χ3n) is 3.93. The van der Waals surface area contributed by atoms with Crippen molar-refractivity contribution >= 4 is 0 Å². The molecule has 2 heteroatoms. The molecule has 2 atom stereocenters. The summed E-state index contributed by atoms with van der Waals surface area (Å²) in [7, 11) is 0. The van der Waals surface area contributed by atoms with Crippen LogP contribution in [-0.2, 0) is 0 Å². The van der Waals surface area contributed by atoms with Crippen molar-refractivity contribution in [1.82, 2.24) is 5.32 Å². The summed E-state index contributed by atoms with van der Waals surface area (Å²) in [4.78, 5) is 0. The van der Waals surface area contributed by atoms with Gasteiger partial charge in [0.1, 0.15) is 5.82 Å². The molecule has 1 aliphatic carbocycles. The summed E-state index contributed by atoms with van der Waals surface area (Å²) < 4.78 is 13.3. The van der Waals surface area contributed by atoms with Crippen LogP contribution >= 0.6 is 0 Å². The highest BCUT2D eigenvalue weighted by Crippen LogP contribution is 2.27. The van der Waals surface area contributed by atoms with E-state index < -0.39 is 0 Å². The molecular formula is C16H24FN. The van der Waals surface area contributed by atoms with Crippen LogP contribution in [0.5, 0.6) is 0 Å². The van der Waals surface area contributed by atoms with Crippen LogP contribution in [0.15, 0.2) is 24.3 Å². The van der Waals surface area contributed by atoms with E-state index in [9.17, 15) is 4.39 Å². The fourth-order valence-electron chi connectivity index (χ4n) is 2.35. The molecule has 1 aliphatic rings. The predicted molar refractivity (Wildman–Crippen MR) is 74.2 cm³/mol. The second kappa shape index (κ2) is 6.33. The molecular weight excluding hydrogens is 225 g/mol. The van der Waals surface area contributed by atoms with Gasteiger partial charge in [0.2, 0.25) is 0 Å². The van der Waals surface area contributed by atoms with Crippen molar-refractivity contribution in [2.75, 3.05) is 6.54 Å². The van der Waals surface area contributed by atoms with Gasteiger partial charge in [0.05, 0.1) is 0 Å². The van der Waals surface area contributed by atoms with Crippen molar-refractivity contribution < 1.29 is 4.39 Å². The maximum atomic E-state index is 13.3. The summed E-state index contributed by atoms with van der Waals surface area (Å²) in [5, 5.41) is 3.58. The van der Waals surface area contributed by atoms with Crippen LogP contribution in [-0.4, -0.2) is 12.6 Å². The van der Waals surface area contributed by atoms with Gasteiger partial charge in [-0.2, -0.15) is 0 Å². The van der Waals surface area contributed by atoms with Crippen LogP contribution in [0.1, 0.15) is 51.0 Å². The van der Waals surface area contributed by atoms with E-state index in [2.05, 4.69) is 25.2 Å². The fourth-order valence-corrected chi connectivity index (χ4v) is 2.35. The minimum absolute atomic E-state index is 0.118. The predicted octanol–water partition coefficient (Wildman–Crippen LogP) is 4.10. The highest BCUT2D eigenvalue weighted by molar-refractivity contribution is 5.21. The Morgan fingerprint density at radius 2 is 2.17 bits per heavy atom. The van der Waals surface area contributed by atoms with E-state index in [1.807, 2.05) is 6.07 Å². The van der Waals surface area contributed by atoms with Gasteiger partial charge < -0.3 is 5.32 Å². The SMILES string of the molecule is CCC(C)CC(CNC1CC1)c1cccc(F)c1. The van der Waals surface area contributed by atoms with E-state index in [4.69, 9.17) is 0 Å². The molecule has 1 N–H and O–H groups in total. The van der Waals surface area contributed by atoms with E-state index in [0.29, 0.717) is 11.8 Å². The molecule has 0 aliphatic heterocycles. The standard InChI is InChI=1S/C16H24FN/c1-3-12(2)9-14(11-18-16-7-8-16)13-5-4-6-15(17)10-13/h4-6,10,12,14,16,18H,3,7-9,11H2,1-2H3. The maximum Gasteiger partial charge on any atom is 0.123 e. The first kappa shape index (κ1) is 13.5. The molecule has 0 bridgehead atoms. The summed E-state index contributed by atoms with van der Waals surface area (Å²) in [5.41, 5.74) is 1.14. The lowest BCUT2D eigenvalue weighted by Gasteiger charge is -2.21. The zero-order valence-corrected chi connectivity index (χ0v) is 11.5. The second-order valence-corrected chi connectivity index (χ2v) is 5.68. The van der Waals surface area contributed by atoms with Crippen molar-refractivity contribution in [3.8, 4) is 0 Å². The molecule has 2 rings (SSSR count).